The molecule has 31 heavy (non-hydrogen) atoms. The average Bonchev–Trinajstić information content (AvgIpc) is 2.80. The van der Waals surface area contributed by atoms with Crippen LogP contribution in [0.3, 0.4) is 0 Å². The summed E-state index contributed by atoms with van der Waals surface area (Å²) in [4.78, 5) is 13.3. The van der Waals surface area contributed by atoms with Crippen molar-refractivity contribution in [1.82, 2.24) is 15.0 Å². The van der Waals surface area contributed by atoms with Crippen molar-refractivity contribution in [3.05, 3.63) is 66.5 Å². The smallest absolute Gasteiger partial charge is 0.166 e. The molecule has 154 valence electrons. The Balaban J connectivity index is 1.97. The van der Waals surface area contributed by atoms with Gasteiger partial charge in [0.15, 0.2) is 17.5 Å². The Labute approximate surface area is 177 Å². The average molecular weight is 417 g/mol. The minimum Gasteiger partial charge on any atom is -0.490 e. The summed E-state index contributed by atoms with van der Waals surface area (Å²) in [6.07, 6.45) is 3.46. The monoisotopic (exact) mass is 417 g/mol. The van der Waals surface area contributed by atoms with Crippen LogP contribution in [-0.2, 0) is 0 Å². The van der Waals surface area contributed by atoms with Gasteiger partial charge >= 0.3 is 0 Å². The predicted octanol–water partition coefficient (Wildman–Crippen LogP) is 4.97. The summed E-state index contributed by atoms with van der Waals surface area (Å²) in [5, 5.41) is 12.5. The lowest BCUT2D eigenvalue weighted by atomic mass is 10.0. The van der Waals surface area contributed by atoms with Gasteiger partial charge in [0.25, 0.3) is 0 Å². The maximum Gasteiger partial charge on any atom is 0.166 e. The lowest BCUT2D eigenvalue weighted by Gasteiger charge is -2.15. The largest absolute Gasteiger partial charge is 0.490 e. The zero-order chi connectivity index (χ0) is 21.8. The molecule has 0 atom stereocenters. The Kier molecular flexibility index (Phi) is 5.67. The minimum atomic E-state index is -0.955. The number of pyridine rings is 1. The van der Waals surface area contributed by atoms with Crippen molar-refractivity contribution in [2.45, 2.75) is 6.42 Å². The first-order chi connectivity index (χ1) is 15.1. The maximum absolute atomic E-state index is 14.5. The van der Waals surface area contributed by atoms with E-state index >= 15 is 0 Å². The molecule has 0 saturated heterocycles. The third kappa shape index (κ3) is 3.98. The van der Waals surface area contributed by atoms with Crippen molar-refractivity contribution in [1.29, 1.82) is 5.26 Å². The molecule has 0 bridgehead atoms. The summed E-state index contributed by atoms with van der Waals surface area (Å²) in [5.41, 5.74) is 1.69. The van der Waals surface area contributed by atoms with Crippen LogP contribution in [-0.4, -0.2) is 28.6 Å². The molecular formula is C23H17F2N5O. The standard InChI is InChI=1S/C23H17F2N5O/c1-27-23-17-11-15(16-6-2-7-18(24)20(16)25)12-19(31-10-4-8-26)21(17)29-22(30-23)14-5-3-9-28-13-14/h2-3,5-7,9,11-13H,4,10H2,1H3,(H,27,29,30). The van der Waals surface area contributed by atoms with Crippen molar-refractivity contribution < 1.29 is 13.5 Å². The minimum absolute atomic E-state index is 0.0884. The van der Waals surface area contributed by atoms with Gasteiger partial charge in [-0.1, -0.05) is 12.1 Å². The fourth-order valence-electron chi connectivity index (χ4n) is 3.21. The molecule has 0 fully saturated rings. The highest BCUT2D eigenvalue weighted by atomic mass is 19.2. The Bertz CT molecular complexity index is 1290. The lowest BCUT2D eigenvalue weighted by molar-refractivity contribution is 0.330. The number of ether oxygens (including phenoxy) is 1. The van der Waals surface area contributed by atoms with Gasteiger partial charge in [0.05, 0.1) is 12.5 Å². The maximum atomic E-state index is 14.5. The second kappa shape index (κ2) is 8.71. The van der Waals surface area contributed by atoms with Crippen LogP contribution in [0.1, 0.15) is 6.42 Å². The first-order valence-corrected chi connectivity index (χ1v) is 9.50. The van der Waals surface area contributed by atoms with E-state index in [9.17, 15) is 8.78 Å². The third-order valence-electron chi connectivity index (χ3n) is 4.66. The van der Waals surface area contributed by atoms with Gasteiger partial charge in [-0.05, 0) is 35.9 Å². The van der Waals surface area contributed by atoms with Crippen molar-refractivity contribution in [3.8, 4) is 34.3 Å². The topological polar surface area (TPSA) is 83.7 Å². The number of halogens is 2. The van der Waals surface area contributed by atoms with Crippen molar-refractivity contribution in [2.24, 2.45) is 0 Å². The van der Waals surface area contributed by atoms with Crippen LogP contribution in [0, 0.1) is 23.0 Å². The zero-order valence-electron chi connectivity index (χ0n) is 16.6. The molecule has 2 aromatic heterocycles. The Morgan fingerprint density at radius 3 is 2.71 bits per heavy atom. The number of nitrogens with zero attached hydrogens (tertiary/aromatic N) is 4. The number of nitrogens with one attached hydrogen (secondary N) is 1. The Hall–Kier alpha value is -4.12. The van der Waals surface area contributed by atoms with Gasteiger partial charge in [-0.2, -0.15) is 5.26 Å². The molecule has 4 rings (SSSR count). The van der Waals surface area contributed by atoms with Crippen LogP contribution >= 0.6 is 0 Å². The number of nitriles is 1. The normalized spacial score (nSPS) is 10.6. The van der Waals surface area contributed by atoms with Gasteiger partial charge in [-0.3, -0.25) is 4.98 Å². The number of fused-ring (bicyclic) bond motifs is 1. The first-order valence-electron chi connectivity index (χ1n) is 9.50. The van der Waals surface area contributed by atoms with Gasteiger partial charge < -0.3 is 10.1 Å². The van der Waals surface area contributed by atoms with E-state index in [1.54, 1.807) is 37.6 Å². The van der Waals surface area contributed by atoms with Crippen molar-refractivity contribution >= 4 is 16.7 Å². The molecule has 0 radical (unpaired) electrons. The second-order valence-electron chi connectivity index (χ2n) is 6.62. The summed E-state index contributed by atoms with van der Waals surface area (Å²) >= 11 is 0. The molecule has 8 heteroatoms. The number of hydrogen-bond donors (Lipinski definition) is 1. The number of anilines is 1. The molecule has 0 saturated carbocycles. The van der Waals surface area contributed by atoms with Gasteiger partial charge in [-0.25, -0.2) is 18.7 Å². The van der Waals surface area contributed by atoms with Gasteiger partial charge in [-0.15, -0.1) is 0 Å². The molecule has 0 spiro atoms. The summed E-state index contributed by atoms with van der Waals surface area (Å²) in [6.45, 7) is 0.127. The molecule has 0 amide bonds. The molecular weight excluding hydrogens is 400 g/mol. The van der Waals surface area contributed by atoms with E-state index in [2.05, 4.69) is 20.3 Å². The SMILES string of the molecule is CNc1nc(-c2cccnc2)nc2c(OCCC#N)cc(-c3cccc(F)c3F)cc12. The van der Waals surface area contributed by atoms with Gasteiger partial charge in [0.2, 0.25) is 0 Å². The molecule has 0 unspecified atom stereocenters. The van der Waals surface area contributed by atoms with E-state index in [0.717, 1.165) is 6.07 Å². The summed E-state index contributed by atoms with van der Waals surface area (Å²) in [6, 6.07) is 12.9. The van der Waals surface area contributed by atoms with Crippen LogP contribution < -0.4 is 10.1 Å². The number of rotatable bonds is 6. The Morgan fingerprint density at radius 2 is 1.97 bits per heavy atom. The van der Waals surface area contributed by atoms with E-state index in [0.29, 0.717) is 39.4 Å². The molecule has 6 nitrogen and oxygen atoms in total. The predicted molar refractivity (Wildman–Crippen MR) is 113 cm³/mol. The van der Waals surface area contributed by atoms with Crippen LogP contribution in [0.15, 0.2) is 54.9 Å². The highest BCUT2D eigenvalue weighted by Crippen LogP contribution is 2.37. The van der Waals surface area contributed by atoms with Crippen molar-refractivity contribution in [2.75, 3.05) is 19.0 Å². The van der Waals surface area contributed by atoms with Crippen LogP contribution in [0.4, 0.5) is 14.6 Å². The summed E-state index contributed by atoms with van der Waals surface area (Å²) in [5.74, 6) is -0.631. The fraction of sp³-hybridized carbons (Fsp3) is 0.130. The van der Waals surface area contributed by atoms with E-state index in [-0.39, 0.29) is 18.6 Å². The van der Waals surface area contributed by atoms with Crippen LogP contribution in [0.2, 0.25) is 0 Å². The van der Waals surface area contributed by atoms with Gasteiger partial charge in [0.1, 0.15) is 23.7 Å². The molecule has 2 heterocycles. The fourth-order valence-corrected chi connectivity index (χ4v) is 3.21. The van der Waals surface area contributed by atoms with E-state index in [4.69, 9.17) is 10.00 Å². The first kappa shape index (κ1) is 20.2. The number of aromatic nitrogens is 3. The second-order valence-corrected chi connectivity index (χ2v) is 6.62. The highest BCUT2D eigenvalue weighted by Gasteiger charge is 2.18. The van der Waals surface area contributed by atoms with E-state index < -0.39 is 11.6 Å². The van der Waals surface area contributed by atoms with Crippen LogP contribution in [0.25, 0.3) is 33.4 Å². The zero-order valence-corrected chi connectivity index (χ0v) is 16.6. The quantitative estimate of drug-likeness (QED) is 0.446. The van der Waals surface area contributed by atoms with E-state index in [1.807, 2.05) is 12.1 Å². The molecule has 0 aliphatic heterocycles. The molecule has 0 aliphatic carbocycles. The third-order valence-corrected chi connectivity index (χ3v) is 4.66. The molecule has 1 N–H and O–H groups in total. The number of hydrogen-bond acceptors (Lipinski definition) is 6. The van der Waals surface area contributed by atoms with E-state index in [1.165, 1.54) is 12.1 Å². The molecule has 2 aromatic carbocycles. The Morgan fingerprint density at radius 1 is 1.10 bits per heavy atom. The van der Waals surface area contributed by atoms with Crippen LogP contribution in [0.5, 0.6) is 5.75 Å². The summed E-state index contributed by atoms with van der Waals surface area (Å²) < 4.78 is 34.1. The summed E-state index contributed by atoms with van der Waals surface area (Å²) in [7, 11) is 1.71. The number of benzene rings is 2. The lowest BCUT2D eigenvalue weighted by Crippen LogP contribution is -2.03. The highest BCUT2D eigenvalue weighted by molar-refractivity contribution is 5.97. The van der Waals surface area contributed by atoms with Crippen molar-refractivity contribution in [3.63, 3.8) is 0 Å². The molecule has 4 aromatic rings. The molecule has 0 aliphatic rings. The van der Waals surface area contributed by atoms with Gasteiger partial charge in [0, 0.05) is 36.0 Å².